The van der Waals surface area contributed by atoms with Crippen LogP contribution in [0.1, 0.15) is 38.5 Å². The van der Waals surface area contributed by atoms with Crippen molar-refractivity contribution in [2.45, 2.75) is 43.3 Å². The third-order valence-electron chi connectivity index (χ3n) is 6.56. The third-order valence-corrected chi connectivity index (χ3v) is 8.06. The minimum Gasteiger partial charge on any atom is -0.323 e. The Bertz CT molecular complexity index is 697. The van der Waals surface area contributed by atoms with Crippen LogP contribution >= 0.6 is 11.8 Å². The summed E-state index contributed by atoms with van der Waals surface area (Å²) in [5.41, 5.74) is 1.57. The molecular weight excluding hydrogens is 332 g/mol. The number of carbonyl (C=O) groups excluding carboxylic acids is 2. The van der Waals surface area contributed by atoms with E-state index < -0.39 is 0 Å². The van der Waals surface area contributed by atoms with E-state index in [0.29, 0.717) is 10.5 Å². The van der Waals surface area contributed by atoms with Crippen LogP contribution in [0.2, 0.25) is 0 Å². The number of benzene rings is 1. The minimum absolute atomic E-state index is 0.0723. The topological polar surface area (TPSA) is 49.4 Å². The molecule has 25 heavy (non-hydrogen) atoms. The maximum absolute atomic E-state index is 12.9. The minimum atomic E-state index is -0.105. The van der Waals surface area contributed by atoms with Crippen LogP contribution in [0, 0.1) is 17.8 Å². The first-order chi connectivity index (χ1) is 12.1. The van der Waals surface area contributed by atoms with Gasteiger partial charge in [-0.05, 0) is 68.4 Å². The van der Waals surface area contributed by atoms with Crippen molar-refractivity contribution in [3.8, 4) is 0 Å². The van der Waals surface area contributed by atoms with E-state index in [4.69, 9.17) is 0 Å². The van der Waals surface area contributed by atoms with E-state index in [1.807, 2.05) is 36.0 Å². The van der Waals surface area contributed by atoms with E-state index in [9.17, 15) is 9.59 Å². The standard InChI is InChI=1S/C20H24N2O2S/c23-18-11-22(17-4-2-1-3-16(17)21-18)19(24)12-25-20-8-13-5-14(9-20)7-15(6-13)10-20/h1-4,13-15H,5-12H2,(H,21,23). The van der Waals surface area contributed by atoms with Crippen LogP contribution in [0.15, 0.2) is 24.3 Å². The highest BCUT2D eigenvalue weighted by molar-refractivity contribution is 8.01. The quantitative estimate of drug-likeness (QED) is 0.899. The molecule has 0 unspecified atom stereocenters. The predicted molar refractivity (Wildman–Crippen MR) is 101 cm³/mol. The van der Waals surface area contributed by atoms with Gasteiger partial charge in [0.2, 0.25) is 11.8 Å². The van der Waals surface area contributed by atoms with E-state index in [1.54, 1.807) is 4.90 Å². The van der Waals surface area contributed by atoms with Crippen molar-refractivity contribution in [2.24, 2.45) is 17.8 Å². The Kier molecular flexibility index (Phi) is 3.63. The fraction of sp³-hybridized carbons (Fsp3) is 0.600. The van der Waals surface area contributed by atoms with Gasteiger partial charge in [-0.2, -0.15) is 0 Å². The van der Waals surface area contributed by atoms with E-state index in [1.165, 1.54) is 38.5 Å². The summed E-state index contributed by atoms with van der Waals surface area (Å²) >= 11 is 1.89. The number of para-hydroxylation sites is 2. The molecule has 4 bridgehead atoms. The molecule has 4 saturated carbocycles. The van der Waals surface area contributed by atoms with Crippen molar-refractivity contribution in [3.63, 3.8) is 0 Å². The van der Waals surface area contributed by atoms with Gasteiger partial charge in [-0.15, -0.1) is 11.8 Å². The van der Waals surface area contributed by atoms with Crippen molar-refractivity contribution >= 4 is 35.0 Å². The highest BCUT2D eigenvalue weighted by Gasteiger charge is 2.51. The number of anilines is 2. The summed E-state index contributed by atoms with van der Waals surface area (Å²) in [7, 11) is 0. The summed E-state index contributed by atoms with van der Waals surface area (Å²) in [4.78, 5) is 26.5. The number of nitrogens with zero attached hydrogens (tertiary/aromatic N) is 1. The summed E-state index contributed by atoms with van der Waals surface area (Å²) < 4.78 is 0.335. The van der Waals surface area contributed by atoms with Crippen molar-refractivity contribution in [2.75, 3.05) is 22.5 Å². The van der Waals surface area contributed by atoms with Gasteiger partial charge in [0.25, 0.3) is 0 Å². The molecule has 0 aromatic heterocycles. The number of nitrogens with one attached hydrogen (secondary N) is 1. The molecule has 0 saturated heterocycles. The molecule has 5 heteroatoms. The second-order valence-corrected chi connectivity index (χ2v) is 9.88. The smallest absolute Gasteiger partial charge is 0.244 e. The average Bonchev–Trinajstić information content (AvgIpc) is 2.58. The van der Waals surface area contributed by atoms with Gasteiger partial charge in [0.1, 0.15) is 6.54 Å². The Labute approximate surface area is 152 Å². The van der Waals surface area contributed by atoms with Crippen LogP contribution in [0.4, 0.5) is 11.4 Å². The third kappa shape index (κ3) is 2.77. The van der Waals surface area contributed by atoms with Crippen LogP contribution in [0.3, 0.4) is 0 Å². The summed E-state index contributed by atoms with van der Waals surface area (Å²) in [5.74, 6) is 3.16. The lowest BCUT2D eigenvalue weighted by molar-refractivity contribution is -0.120. The maximum Gasteiger partial charge on any atom is 0.244 e. The molecule has 6 rings (SSSR count). The Balaban J connectivity index is 1.31. The number of fused-ring (bicyclic) bond motifs is 1. The Morgan fingerprint density at radius 2 is 1.76 bits per heavy atom. The zero-order valence-electron chi connectivity index (χ0n) is 14.4. The largest absolute Gasteiger partial charge is 0.323 e. The summed E-state index contributed by atoms with van der Waals surface area (Å²) in [6, 6.07) is 7.58. The van der Waals surface area contributed by atoms with Gasteiger partial charge >= 0.3 is 0 Å². The number of thioether (sulfide) groups is 1. The van der Waals surface area contributed by atoms with E-state index in [0.717, 1.165) is 29.1 Å². The van der Waals surface area contributed by atoms with Gasteiger partial charge in [-0.1, -0.05) is 12.1 Å². The van der Waals surface area contributed by atoms with Crippen LogP contribution in [0.25, 0.3) is 0 Å². The first-order valence-electron chi connectivity index (χ1n) is 9.43. The lowest BCUT2D eigenvalue weighted by Gasteiger charge is -2.56. The van der Waals surface area contributed by atoms with E-state index in [-0.39, 0.29) is 18.4 Å². The van der Waals surface area contributed by atoms with Gasteiger partial charge < -0.3 is 10.2 Å². The zero-order chi connectivity index (χ0) is 17.0. The molecule has 1 heterocycles. The zero-order valence-corrected chi connectivity index (χ0v) is 15.2. The average molecular weight is 356 g/mol. The van der Waals surface area contributed by atoms with Crippen molar-refractivity contribution in [1.29, 1.82) is 0 Å². The molecule has 4 fully saturated rings. The number of carbonyl (C=O) groups is 2. The molecular formula is C20H24N2O2S. The van der Waals surface area contributed by atoms with Crippen LogP contribution in [-0.2, 0) is 9.59 Å². The SMILES string of the molecule is O=C1CN(C(=O)CSC23CC4CC(CC(C4)C2)C3)c2ccccc2N1. The van der Waals surface area contributed by atoms with Gasteiger partial charge in [0.05, 0.1) is 17.1 Å². The fourth-order valence-corrected chi connectivity index (χ4v) is 7.60. The highest BCUT2D eigenvalue weighted by atomic mass is 32.2. The second kappa shape index (κ2) is 5.76. The monoisotopic (exact) mass is 356 g/mol. The number of amides is 2. The molecule has 132 valence electrons. The molecule has 1 N–H and O–H groups in total. The molecule has 4 aliphatic carbocycles. The molecule has 1 aromatic rings. The Morgan fingerprint density at radius 3 is 2.44 bits per heavy atom. The van der Waals surface area contributed by atoms with Crippen LogP contribution in [0.5, 0.6) is 0 Å². The summed E-state index contributed by atoms with van der Waals surface area (Å²) in [6.45, 7) is 0.136. The Morgan fingerprint density at radius 1 is 1.12 bits per heavy atom. The molecule has 2 amide bonds. The van der Waals surface area contributed by atoms with Crippen LogP contribution in [-0.4, -0.2) is 28.9 Å². The summed E-state index contributed by atoms with van der Waals surface area (Å²) in [6.07, 6.45) is 8.17. The van der Waals surface area contributed by atoms with Gasteiger partial charge in [-0.3, -0.25) is 9.59 Å². The number of rotatable bonds is 3. The molecule has 1 aromatic carbocycles. The molecule has 0 atom stereocenters. The van der Waals surface area contributed by atoms with Crippen LogP contribution < -0.4 is 10.2 Å². The lowest BCUT2D eigenvalue weighted by Crippen LogP contribution is -2.49. The predicted octanol–water partition coefficient (Wildman–Crippen LogP) is 3.67. The van der Waals surface area contributed by atoms with E-state index >= 15 is 0 Å². The lowest BCUT2D eigenvalue weighted by atomic mass is 9.56. The first-order valence-corrected chi connectivity index (χ1v) is 10.4. The molecule has 4 nitrogen and oxygen atoms in total. The normalized spacial score (nSPS) is 35.4. The summed E-state index contributed by atoms with van der Waals surface area (Å²) in [5, 5.41) is 2.86. The maximum atomic E-state index is 12.9. The molecule has 0 spiro atoms. The van der Waals surface area contributed by atoms with Gasteiger partial charge in [0, 0.05) is 4.75 Å². The first kappa shape index (κ1) is 15.7. The molecule has 5 aliphatic rings. The van der Waals surface area contributed by atoms with Crippen molar-refractivity contribution in [3.05, 3.63) is 24.3 Å². The van der Waals surface area contributed by atoms with Gasteiger partial charge in [0.15, 0.2) is 0 Å². The molecule has 0 radical (unpaired) electrons. The Hall–Kier alpha value is -1.49. The van der Waals surface area contributed by atoms with Gasteiger partial charge in [-0.25, -0.2) is 0 Å². The van der Waals surface area contributed by atoms with Crippen molar-refractivity contribution in [1.82, 2.24) is 0 Å². The highest BCUT2D eigenvalue weighted by Crippen LogP contribution is 2.60. The molecule has 1 aliphatic heterocycles. The second-order valence-electron chi connectivity index (χ2n) is 8.43. The van der Waals surface area contributed by atoms with Crippen molar-refractivity contribution < 1.29 is 9.59 Å². The fourth-order valence-electron chi connectivity index (χ4n) is 5.96. The number of hydrogen-bond donors (Lipinski definition) is 1. The van der Waals surface area contributed by atoms with E-state index in [2.05, 4.69) is 5.32 Å². The number of hydrogen-bond acceptors (Lipinski definition) is 3.